The van der Waals surface area contributed by atoms with Crippen molar-refractivity contribution in [3.05, 3.63) is 53.3 Å². The van der Waals surface area contributed by atoms with Crippen LogP contribution in [-0.4, -0.2) is 27.3 Å². The van der Waals surface area contributed by atoms with E-state index in [4.69, 9.17) is 0 Å². The number of nitrogens with zero attached hydrogens (tertiary/aromatic N) is 4. The number of aryl methyl sites for hydroxylation is 1. The molecule has 0 saturated carbocycles. The molecule has 0 amide bonds. The Morgan fingerprint density at radius 3 is 3.00 bits per heavy atom. The Morgan fingerprint density at radius 1 is 1.38 bits per heavy atom. The molecule has 1 fully saturated rings. The first-order valence-corrected chi connectivity index (χ1v) is 7.47. The van der Waals surface area contributed by atoms with Gasteiger partial charge in [0.2, 0.25) is 0 Å². The van der Waals surface area contributed by atoms with Crippen LogP contribution >= 0.6 is 0 Å². The summed E-state index contributed by atoms with van der Waals surface area (Å²) in [5.41, 5.74) is 3.12. The molecule has 3 rings (SSSR count). The minimum Gasteiger partial charge on any atom is -0.294 e. The molecular weight excluding hydrogens is 260 g/mol. The third-order valence-corrected chi connectivity index (χ3v) is 4.17. The highest BCUT2D eigenvalue weighted by molar-refractivity contribution is 5.37. The Morgan fingerprint density at radius 2 is 2.24 bits per heavy atom. The summed E-state index contributed by atoms with van der Waals surface area (Å²) in [7, 11) is 0. The Hall–Kier alpha value is -2.12. The van der Waals surface area contributed by atoms with Crippen molar-refractivity contribution in [2.45, 2.75) is 38.9 Å². The van der Waals surface area contributed by atoms with Gasteiger partial charge in [0.15, 0.2) is 0 Å². The molecule has 21 heavy (non-hydrogen) atoms. The molecule has 0 N–H and O–H groups in total. The molecule has 4 nitrogen and oxygen atoms in total. The van der Waals surface area contributed by atoms with Crippen LogP contribution in [0.2, 0.25) is 0 Å². The first kappa shape index (κ1) is 13.8. The van der Waals surface area contributed by atoms with Crippen LogP contribution in [0.25, 0.3) is 0 Å². The lowest BCUT2D eigenvalue weighted by molar-refractivity contribution is 0.219. The van der Waals surface area contributed by atoms with Gasteiger partial charge in [0.25, 0.3) is 0 Å². The Kier molecular flexibility index (Phi) is 4.03. The monoisotopic (exact) mass is 280 g/mol. The first-order chi connectivity index (χ1) is 10.3. The van der Waals surface area contributed by atoms with Crippen LogP contribution in [-0.2, 0) is 13.1 Å². The Balaban J connectivity index is 1.71. The van der Waals surface area contributed by atoms with Crippen LogP contribution in [0.5, 0.6) is 0 Å². The molecule has 1 aromatic carbocycles. The first-order valence-electron chi connectivity index (χ1n) is 7.47. The largest absolute Gasteiger partial charge is 0.294 e. The highest BCUT2D eigenvalue weighted by Crippen LogP contribution is 2.22. The summed E-state index contributed by atoms with van der Waals surface area (Å²) in [5.74, 6) is 0. The number of hydrogen-bond acceptors (Lipinski definition) is 3. The fraction of sp³-hybridized carbons (Fsp3) is 0.412. The Bertz CT molecular complexity index is 653. The van der Waals surface area contributed by atoms with Crippen molar-refractivity contribution in [2.24, 2.45) is 0 Å². The summed E-state index contributed by atoms with van der Waals surface area (Å²) in [5, 5.41) is 13.6. The van der Waals surface area contributed by atoms with Gasteiger partial charge in [-0.25, -0.2) is 0 Å². The van der Waals surface area contributed by atoms with Gasteiger partial charge >= 0.3 is 0 Å². The quantitative estimate of drug-likeness (QED) is 0.865. The lowest BCUT2D eigenvalue weighted by Crippen LogP contribution is -2.32. The molecule has 0 bridgehead atoms. The van der Waals surface area contributed by atoms with Crippen molar-refractivity contribution in [3.63, 3.8) is 0 Å². The second-order valence-electron chi connectivity index (χ2n) is 5.78. The minimum atomic E-state index is 0.510. The molecule has 0 unspecified atom stereocenters. The van der Waals surface area contributed by atoms with E-state index in [9.17, 15) is 5.26 Å². The molecule has 2 heterocycles. The maximum atomic E-state index is 9.21. The highest BCUT2D eigenvalue weighted by Gasteiger charge is 2.25. The minimum absolute atomic E-state index is 0.510. The van der Waals surface area contributed by atoms with Gasteiger partial charge in [-0.1, -0.05) is 18.2 Å². The zero-order valence-corrected chi connectivity index (χ0v) is 12.4. The SMILES string of the molecule is Cc1cnn(C[C@@H]2CCCN2Cc2ccccc2C#N)c1. The van der Waals surface area contributed by atoms with E-state index < -0.39 is 0 Å². The van der Waals surface area contributed by atoms with Crippen molar-refractivity contribution in [2.75, 3.05) is 6.54 Å². The van der Waals surface area contributed by atoms with Gasteiger partial charge < -0.3 is 0 Å². The zero-order chi connectivity index (χ0) is 14.7. The molecule has 1 atom stereocenters. The number of hydrogen-bond donors (Lipinski definition) is 0. The fourth-order valence-electron chi connectivity index (χ4n) is 3.08. The van der Waals surface area contributed by atoms with Crippen molar-refractivity contribution in [3.8, 4) is 6.07 Å². The van der Waals surface area contributed by atoms with E-state index in [-0.39, 0.29) is 0 Å². The van der Waals surface area contributed by atoms with E-state index in [0.29, 0.717) is 6.04 Å². The fourth-order valence-corrected chi connectivity index (χ4v) is 3.08. The van der Waals surface area contributed by atoms with Gasteiger partial charge in [0, 0.05) is 18.8 Å². The molecule has 0 radical (unpaired) electrons. The lowest BCUT2D eigenvalue weighted by atomic mass is 10.1. The highest BCUT2D eigenvalue weighted by atomic mass is 15.3. The molecule has 1 aliphatic heterocycles. The molecule has 4 heteroatoms. The maximum absolute atomic E-state index is 9.21. The summed E-state index contributed by atoms with van der Waals surface area (Å²) in [4.78, 5) is 2.48. The topological polar surface area (TPSA) is 44.9 Å². The normalized spacial score (nSPS) is 18.8. The standard InChI is InChI=1S/C17H20N4/c1-14-10-19-21(11-14)13-17-7-4-8-20(17)12-16-6-3-2-5-15(16)9-18/h2-3,5-6,10-11,17H,4,7-8,12-13H2,1H3/t17-/m0/s1. The summed E-state index contributed by atoms with van der Waals surface area (Å²) in [6, 6.07) is 10.7. The van der Waals surface area contributed by atoms with Crippen LogP contribution in [0.4, 0.5) is 0 Å². The van der Waals surface area contributed by atoms with E-state index >= 15 is 0 Å². The molecule has 1 aliphatic rings. The smallest absolute Gasteiger partial charge is 0.0995 e. The van der Waals surface area contributed by atoms with E-state index in [1.54, 1.807) is 0 Å². The number of rotatable bonds is 4. The second kappa shape index (κ2) is 6.11. The molecule has 0 spiro atoms. The van der Waals surface area contributed by atoms with Gasteiger partial charge in [-0.2, -0.15) is 10.4 Å². The summed E-state index contributed by atoms with van der Waals surface area (Å²) >= 11 is 0. The molecule has 1 saturated heterocycles. The number of likely N-dealkylation sites (tertiary alicyclic amines) is 1. The van der Waals surface area contributed by atoms with Gasteiger partial charge in [-0.3, -0.25) is 9.58 Å². The van der Waals surface area contributed by atoms with Crippen molar-refractivity contribution >= 4 is 0 Å². The number of benzene rings is 1. The average molecular weight is 280 g/mol. The van der Waals surface area contributed by atoms with Gasteiger partial charge in [0.05, 0.1) is 24.4 Å². The summed E-state index contributed by atoms with van der Waals surface area (Å²) < 4.78 is 2.04. The third kappa shape index (κ3) is 3.14. The average Bonchev–Trinajstić information content (AvgIpc) is 3.10. The third-order valence-electron chi connectivity index (χ3n) is 4.17. The van der Waals surface area contributed by atoms with E-state index in [1.807, 2.05) is 29.1 Å². The lowest BCUT2D eigenvalue weighted by Gasteiger charge is -2.24. The number of aromatic nitrogens is 2. The van der Waals surface area contributed by atoms with Crippen molar-refractivity contribution < 1.29 is 0 Å². The molecule has 108 valence electrons. The van der Waals surface area contributed by atoms with E-state index in [1.165, 1.54) is 18.4 Å². The van der Waals surface area contributed by atoms with Crippen LogP contribution in [0.15, 0.2) is 36.7 Å². The van der Waals surface area contributed by atoms with E-state index in [2.05, 4.69) is 35.3 Å². The van der Waals surface area contributed by atoms with E-state index in [0.717, 1.165) is 30.8 Å². The summed E-state index contributed by atoms with van der Waals surface area (Å²) in [6.07, 6.45) is 6.43. The van der Waals surface area contributed by atoms with Crippen LogP contribution in [0, 0.1) is 18.3 Å². The second-order valence-corrected chi connectivity index (χ2v) is 5.78. The molecule has 1 aromatic heterocycles. The van der Waals surface area contributed by atoms with Crippen molar-refractivity contribution in [1.82, 2.24) is 14.7 Å². The maximum Gasteiger partial charge on any atom is 0.0995 e. The molecular formula is C17H20N4. The predicted octanol–water partition coefficient (Wildman–Crippen LogP) is 2.73. The Labute approximate surface area is 125 Å². The van der Waals surface area contributed by atoms with Crippen LogP contribution in [0.1, 0.15) is 29.5 Å². The number of nitriles is 1. The van der Waals surface area contributed by atoms with Crippen LogP contribution < -0.4 is 0 Å². The van der Waals surface area contributed by atoms with Crippen LogP contribution in [0.3, 0.4) is 0 Å². The van der Waals surface area contributed by atoms with Gasteiger partial charge in [0.1, 0.15) is 0 Å². The predicted molar refractivity (Wildman–Crippen MR) is 81.6 cm³/mol. The van der Waals surface area contributed by atoms with Gasteiger partial charge in [-0.05, 0) is 43.5 Å². The van der Waals surface area contributed by atoms with Gasteiger partial charge in [-0.15, -0.1) is 0 Å². The molecule has 0 aliphatic carbocycles. The summed E-state index contributed by atoms with van der Waals surface area (Å²) in [6.45, 7) is 4.96. The zero-order valence-electron chi connectivity index (χ0n) is 12.4. The van der Waals surface area contributed by atoms with Crippen molar-refractivity contribution in [1.29, 1.82) is 5.26 Å². The molecule has 2 aromatic rings.